The lowest BCUT2D eigenvalue weighted by Gasteiger charge is -2.30. The molecule has 0 radical (unpaired) electrons. The number of amides is 1. The van der Waals surface area contributed by atoms with E-state index >= 15 is 0 Å². The quantitative estimate of drug-likeness (QED) is 0.838. The molecule has 0 aliphatic carbocycles. The first-order valence-electron chi connectivity index (χ1n) is 7.89. The van der Waals surface area contributed by atoms with Gasteiger partial charge in [-0.2, -0.15) is 5.26 Å². The highest BCUT2D eigenvalue weighted by molar-refractivity contribution is 7.16. The summed E-state index contributed by atoms with van der Waals surface area (Å²) in [5.74, 6) is -0.195. The van der Waals surface area contributed by atoms with Crippen LogP contribution in [0, 0.1) is 11.3 Å². The summed E-state index contributed by atoms with van der Waals surface area (Å²) in [4.78, 5) is 16.8. The minimum atomic E-state index is -0.195. The molecule has 24 heavy (non-hydrogen) atoms. The van der Waals surface area contributed by atoms with Gasteiger partial charge in [0.05, 0.1) is 5.56 Å². The van der Waals surface area contributed by atoms with Crippen LogP contribution < -0.4 is 5.32 Å². The number of hydrogen-bond acceptors (Lipinski definition) is 5. The van der Waals surface area contributed by atoms with Crippen molar-refractivity contribution in [3.8, 4) is 6.07 Å². The summed E-state index contributed by atoms with van der Waals surface area (Å²) >= 11 is 3.11. The SMILES string of the molecule is CC(C)N1CCc2c(sc(NC(=O)C=Cc3cccs3)c2C#N)C1. The van der Waals surface area contributed by atoms with E-state index in [1.54, 1.807) is 17.4 Å². The first kappa shape index (κ1) is 16.9. The normalized spacial score (nSPS) is 14.8. The molecule has 1 aliphatic rings. The Kier molecular flexibility index (Phi) is 5.14. The van der Waals surface area contributed by atoms with Crippen molar-refractivity contribution in [3.05, 3.63) is 44.5 Å². The molecule has 0 fully saturated rings. The minimum Gasteiger partial charge on any atom is -0.313 e. The number of fused-ring (bicyclic) bond motifs is 1. The van der Waals surface area contributed by atoms with Crippen LogP contribution in [0.2, 0.25) is 0 Å². The lowest BCUT2D eigenvalue weighted by molar-refractivity contribution is -0.111. The second-order valence-electron chi connectivity index (χ2n) is 5.97. The fraction of sp³-hybridized carbons (Fsp3) is 0.333. The minimum absolute atomic E-state index is 0.195. The summed E-state index contributed by atoms with van der Waals surface area (Å²) in [5, 5.41) is 15.0. The second-order valence-corrected chi connectivity index (χ2v) is 8.06. The lowest BCUT2D eigenvalue weighted by atomic mass is 10.0. The van der Waals surface area contributed by atoms with Gasteiger partial charge in [-0.25, -0.2) is 0 Å². The Balaban J connectivity index is 1.77. The number of carbonyl (C=O) groups is 1. The smallest absolute Gasteiger partial charge is 0.249 e. The predicted molar refractivity (Wildman–Crippen MR) is 100 cm³/mol. The van der Waals surface area contributed by atoms with Crippen LogP contribution in [-0.2, 0) is 17.8 Å². The van der Waals surface area contributed by atoms with Crippen LogP contribution >= 0.6 is 22.7 Å². The van der Waals surface area contributed by atoms with Gasteiger partial charge in [0.1, 0.15) is 11.1 Å². The molecule has 6 heteroatoms. The first-order chi connectivity index (χ1) is 11.6. The molecule has 124 valence electrons. The molecule has 2 aromatic heterocycles. The third-order valence-electron chi connectivity index (χ3n) is 4.11. The maximum absolute atomic E-state index is 12.2. The summed E-state index contributed by atoms with van der Waals surface area (Å²) in [5.41, 5.74) is 1.74. The van der Waals surface area contributed by atoms with Crippen molar-refractivity contribution in [2.45, 2.75) is 32.9 Å². The third kappa shape index (κ3) is 3.59. The van der Waals surface area contributed by atoms with E-state index in [9.17, 15) is 10.1 Å². The number of nitrogens with zero attached hydrogens (tertiary/aromatic N) is 2. The highest BCUT2D eigenvalue weighted by Gasteiger charge is 2.25. The van der Waals surface area contributed by atoms with Gasteiger partial charge in [0.15, 0.2) is 0 Å². The van der Waals surface area contributed by atoms with Crippen LogP contribution in [0.5, 0.6) is 0 Å². The molecular weight excluding hydrogens is 338 g/mol. The Hall–Kier alpha value is -1.94. The van der Waals surface area contributed by atoms with Gasteiger partial charge in [-0.15, -0.1) is 22.7 Å². The molecular formula is C18H19N3OS2. The maximum atomic E-state index is 12.2. The molecule has 1 N–H and O–H groups in total. The van der Waals surface area contributed by atoms with Gasteiger partial charge in [0, 0.05) is 35.0 Å². The van der Waals surface area contributed by atoms with E-state index in [1.165, 1.54) is 22.3 Å². The van der Waals surface area contributed by atoms with Crippen LogP contribution in [-0.4, -0.2) is 23.4 Å². The molecule has 0 aromatic carbocycles. The Bertz CT molecular complexity index is 797. The molecule has 2 aromatic rings. The number of nitriles is 1. The number of nitrogens with one attached hydrogen (secondary N) is 1. The van der Waals surface area contributed by atoms with Crippen molar-refractivity contribution >= 4 is 39.7 Å². The van der Waals surface area contributed by atoms with Crippen molar-refractivity contribution in [2.75, 3.05) is 11.9 Å². The monoisotopic (exact) mass is 357 g/mol. The number of carbonyl (C=O) groups excluding carboxylic acids is 1. The highest BCUT2D eigenvalue weighted by atomic mass is 32.1. The number of rotatable bonds is 4. The van der Waals surface area contributed by atoms with Crippen LogP contribution in [0.4, 0.5) is 5.00 Å². The van der Waals surface area contributed by atoms with E-state index in [-0.39, 0.29) is 5.91 Å². The summed E-state index contributed by atoms with van der Waals surface area (Å²) in [6.45, 7) is 6.18. The van der Waals surface area contributed by atoms with E-state index in [0.29, 0.717) is 16.6 Å². The molecule has 0 atom stereocenters. The van der Waals surface area contributed by atoms with Gasteiger partial charge in [0.2, 0.25) is 5.91 Å². The Morgan fingerprint density at radius 2 is 2.33 bits per heavy atom. The summed E-state index contributed by atoms with van der Waals surface area (Å²) in [6.07, 6.45) is 4.18. The average Bonchev–Trinajstić information content (AvgIpc) is 3.19. The van der Waals surface area contributed by atoms with Gasteiger partial charge in [-0.1, -0.05) is 6.07 Å². The Morgan fingerprint density at radius 3 is 3.00 bits per heavy atom. The van der Waals surface area contributed by atoms with Crippen molar-refractivity contribution in [1.82, 2.24) is 4.90 Å². The zero-order valence-electron chi connectivity index (χ0n) is 13.7. The lowest BCUT2D eigenvalue weighted by Crippen LogP contribution is -2.35. The van der Waals surface area contributed by atoms with E-state index in [1.807, 2.05) is 17.5 Å². The topological polar surface area (TPSA) is 56.1 Å². The maximum Gasteiger partial charge on any atom is 0.249 e. The van der Waals surface area contributed by atoms with Gasteiger partial charge >= 0.3 is 0 Å². The number of anilines is 1. The highest BCUT2D eigenvalue weighted by Crippen LogP contribution is 2.37. The molecule has 0 unspecified atom stereocenters. The fourth-order valence-electron chi connectivity index (χ4n) is 2.77. The van der Waals surface area contributed by atoms with Crippen LogP contribution in [0.25, 0.3) is 6.08 Å². The van der Waals surface area contributed by atoms with Crippen molar-refractivity contribution in [3.63, 3.8) is 0 Å². The molecule has 3 rings (SSSR count). The predicted octanol–water partition coefficient (Wildman–Crippen LogP) is 4.10. The third-order valence-corrected chi connectivity index (χ3v) is 6.08. The van der Waals surface area contributed by atoms with E-state index in [2.05, 4.69) is 30.1 Å². The van der Waals surface area contributed by atoms with Crippen LogP contribution in [0.15, 0.2) is 23.6 Å². The molecule has 0 bridgehead atoms. The summed E-state index contributed by atoms with van der Waals surface area (Å²) in [7, 11) is 0. The van der Waals surface area contributed by atoms with Crippen molar-refractivity contribution in [1.29, 1.82) is 5.26 Å². The van der Waals surface area contributed by atoms with Gasteiger partial charge in [-0.05, 0) is 43.4 Å². The summed E-state index contributed by atoms with van der Waals surface area (Å²) < 4.78 is 0. The molecule has 0 saturated heterocycles. The molecule has 3 heterocycles. The van der Waals surface area contributed by atoms with E-state index in [0.717, 1.165) is 30.0 Å². The Morgan fingerprint density at radius 1 is 1.50 bits per heavy atom. The average molecular weight is 358 g/mol. The zero-order chi connectivity index (χ0) is 17.1. The molecule has 1 amide bonds. The Labute approximate surface area is 150 Å². The fourth-order valence-corrected chi connectivity index (χ4v) is 4.61. The molecule has 1 aliphatic heterocycles. The summed E-state index contributed by atoms with van der Waals surface area (Å²) in [6, 6.07) is 6.67. The van der Waals surface area contributed by atoms with Crippen LogP contribution in [0.1, 0.15) is 34.7 Å². The second kappa shape index (κ2) is 7.31. The first-order valence-corrected chi connectivity index (χ1v) is 9.59. The molecule has 4 nitrogen and oxygen atoms in total. The van der Waals surface area contributed by atoms with Gasteiger partial charge in [0.25, 0.3) is 0 Å². The standard InChI is InChI=1S/C18H19N3OS2/c1-12(2)21-8-7-14-15(10-19)18(24-16(14)11-21)20-17(22)6-5-13-4-3-9-23-13/h3-6,9,12H,7-8,11H2,1-2H3,(H,20,22). The van der Waals surface area contributed by atoms with Crippen molar-refractivity contribution in [2.24, 2.45) is 0 Å². The molecule has 0 spiro atoms. The van der Waals surface area contributed by atoms with Crippen molar-refractivity contribution < 1.29 is 4.79 Å². The number of hydrogen-bond donors (Lipinski definition) is 1. The van der Waals surface area contributed by atoms with E-state index in [4.69, 9.17) is 0 Å². The molecule has 0 saturated carbocycles. The largest absolute Gasteiger partial charge is 0.313 e. The van der Waals surface area contributed by atoms with Gasteiger partial charge < -0.3 is 5.32 Å². The zero-order valence-corrected chi connectivity index (χ0v) is 15.3. The van der Waals surface area contributed by atoms with Gasteiger partial charge in [-0.3, -0.25) is 9.69 Å². The van der Waals surface area contributed by atoms with E-state index < -0.39 is 0 Å². The van der Waals surface area contributed by atoms with Crippen LogP contribution in [0.3, 0.4) is 0 Å². The number of thiophene rings is 2.